The average Bonchev–Trinajstić information content (AvgIpc) is 3.10. The van der Waals surface area contributed by atoms with Gasteiger partial charge in [-0.1, -0.05) is 0 Å². The van der Waals surface area contributed by atoms with Gasteiger partial charge in [0.05, 0.1) is 19.4 Å². The van der Waals surface area contributed by atoms with E-state index in [1.54, 1.807) is 25.1 Å². The molecule has 4 nitrogen and oxygen atoms in total. The van der Waals surface area contributed by atoms with Crippen LogP contribution < -0.4 is 9.47 Å². The van der Waals surface area contributed by atoms with E-state index in [2.05, 4.69) is 17.1 Å². The van der Waals surface area contributed by atoms with Crippen LogP contribution in [0.25, 0.3) is 11.5 Å². The molecule has 0 spiro atoms. The van der Waals surface area contributed by atoms with Crippen molar-refractivity contribution in [1.29, 1.82) is 0 Å². The number of aromatic nitrogens is 1. The highest BCUT2D eigenvalue weighted by Crippen LogP contribution is 2.27. The summed E-state index contributed by atoms with van der Waals surface area (Å²) >= 11 is 1.72. The summed E-state index contributed by atoms with van der Waals surface area (Å²) in [6.45, 7) is 2.66. The molecule has 0 radical (unpaired) electrons. The first-order valence-corrected chi connectivity index (χ1v) is 8.71. The van der Waals surface area contributed by atoms with Gasteiger partial charge in [-0.2, -0.15) is 0 Å². The van der Waals surface area contributed by atoms with Gasteiger partial charge in [0.15, 0.2) is 0 Å². The maximum atomic E-state index is 5.58. The summed E-state index contributed by atoms with van der Waals surface area (Å²) in [5.41, 5.74) is 1.85. The first-order chi connectivity index (χ1) is 11.8. The highest BCUT2D eigenvalue weighted by Gasteiger charge is 2.07. The number of benzene rings is 2. The summed E-state index contributed by atoms with van der Waals surface area (Å²) in [5.74, 6) is 3.09. The molecular weight excluding hydrogens is 322 g/mol. The van der Waals surface area contributed by atoms with E-state index in [0.717, 1.165) is 28.5 Å². The highest BCUT2D eigenvalue weighted by atomic mass is 32.2. The van der Waals surface area contributed by atoms with Gasteiger partial charge in [0.2, 0.25) is 5.89 Å². The minimum atomic E-state index is 0.625. The number of thioether (sulfide) groups is 1. The summed E-state index contributed by atoms with van der Waals surface area (Å²) in [7, 11) is 1.65. The lowest BCUT2D eigenvalue weighted by molar-refractivity contribution is 0.340. The van der Waals surface area contributed by atoms with Crippen molar-refractivity contribution in [2.75, 3.05) is 13.7 Å². The molecule has 0 fully saturated rings. The highest BCUT2D eigenvalue weighted by molar-refractivity contribution is 7.98. The van der Waals surface area contributed by atoms with Crippen LogP contribution in [0.3, 0.4) is 0 Å². The lowest BCUT2D eigenvalue weighted by Crippen LogP contribution is -1.90. The molecule has 0 saturated carbocycles. The predicted octanol–water partition coefficient (Wildman–Crippen LogP) is 5.04. The van der Waals surface area contributed by atoms with Gasteiger partial charge in [-0.15, -0.1) is 11.8 Å². The molecule has 2 aromatic carbocycles. The van der Waals surface area contributed by atoms with Crippen LogP contribution in [0, 0.1) is 0 Å². The topological polar surface area (TPSA) is 44.5 Å². The smallest absolute Gasteiger partial charge is 0.226 e. The summed E-state index contributed by atoms with van der Waals surface area (Å²) in [5, 5.41) is 0. The van der Waals surface area contributed by atoms with E-state index in [1.807, 2.05) is 43.3 Å². The fourth-order valence-electron chi connectivity index (χ4n) is 2.20. The fourth-order valence-corrected chi connectivity index (χ4v) is 2.97. The number of hydrogen-bond donors (Lipinski definition) is 0. The maximum Gasteiger partial charge on any atom is 0.226 e. The second-order valence-corrected chi connectivity index (χ2v) is 6.11. The van der Waals surface area contributed by atoms with Gasteiger partial charge >= 0.3 is 0 Å². The molecule has 0 aliphatic heterocycles. The zero-order chi connectivity index (χ0) is 16.8. The third-order valence-electron chi connectivity index (χ3n) is 3.41. The lowest BCUT2D eigenvalue weighted by atomic mass is 10.2. The van der Waals surface area contributed by atoms with Crippen molar-refractivity contribution in [3.63, 3.8) is 0 Å². The molecule has 0 N–H and O–H groups in total. The van der Waals surface area contributed by atoms with Crippen LogP contribution in [-0.2, 0) is 5.75 Å². The van der Waals surface area contributed by atoms with E-state index in [9.17, 15) is 0 Å². The SMILES string of the molecule is CCOc1ccc(SCc2coc(-c3ccc(OC)cc3)n2)cc1. The number of ether oxygens (including phenoxy) is 2. The summed E-state index contributed by atoms with van der Waals surface area (Å²) in [6, 6.07) is 15.7. The van der Waals surface area contributed by atoms with E-state index >= 15 is 0 Å². The number of nitrogens with zero attached hydrogens (tertiary/aromatic N) is 1. The Balaban J connectivity index is 1.61. The van der Waals surface area contributed by atoms with Crippen LogP contribution >= 0.6 is 11.8 Å². The Hall–Kier alpha value is -2.40. The van der Waals surface area contributed by atoms with Gasteiger partial charge in [0.25, 0.3) is 0 Å². The molecule has 124 valence electrons. The van der Waals surface area contributed by atoms with E-state index < -0.39 is 0 Å². The van der Waals surface area contributed by atoms with Crippen LogP contribution in [0.2, 0.25) is 0 Å². The molecule has 0 aliphatic carbocycles. The Bertz CT molecular complexity index is 766. The second-order valence-electron chi connectivity index (χ2n) is 5.07. The van der Waals surface area contributed by atoms with E-state index in [0.29, 0.717) is 12.5 Å². The van der Waals surface area contributed by atoms with Crippen LogP contribution in [0.15, 0.2) is 64.1 Å². The molecule has 0 aliphatic rings. The minimum Gasteiger partial charge on any atom is -0.497 e. The maximum absolute atomic E-state index is 5.58. The molecule has 3 rings (SSSR count). The normalized spacial score (nSPS) is 10.6. The zero-order valence-electron chi connectivity index (χ0n) is 13.7. The molecular formula is C19H19NO3S. The van der Waals surface area contributed by atoms with Crippen molar-refractivity contribution < 1.29 is 13.9 Å². The van der Waals surface area contributed by atoms with Gasteiger partial charge in [-0.3, -0.25) is 0 Å². The Labute approximate surface area is 145 Å². The number of hydrogen-bond acceptors (Lipinski definition) is 5. The van der Waals surface area contributed by atoms with Gasteiger partial charge in [0, 0.05) is 16.2 Å². The quantitative estimate of drug-likeness (QED) is 0.563. The summed E-state index contributed by atoms with van der Waals surface area (Å²) in [6.07, 6.45) is 1.71. The molecule has 24 heavy (non-hydrogen) atoms. The van der Waals surface area contributed by atoms with Gasteiger partial charge < -0.3 is 13.9 Å². The molecule has 0 atom stereocenters. The van der Waals surface area contributed by atoms with Crippen LogP contribution in [0.4, 0.5) is 0 Å². The molecule has 3 aromatic rings. The molecule has 1 heterocycles. The van der Waals surface area contributed by atoms with Gasteiger partial charge in [-0.05, 0) is 55.5 Å². The Kier molecular flexibility index (Phi) is 5.43. The number of oxazole rings is 1. The number of methoxy groups -OCH3 is 1. The second kappa shape index (κ2) is 7.93. The largest absolute Gasteiger partial charge is 0.497 e. The van der Waals surface area contributed by atoms with E-state index in [1.165, 1.54) is 4.90 Å². The van der Waals surface area contributed by atoms with Crippen molar-refractivity contribution in [2.45, 2.75) is 17.6 Å². The van der Waals surface area contributed by atoms with Gasteiger partial charge in [-0.25, -0.2) is 4.98 Å². The monoisotopic (exact) mass is 341 g/mol. The van der Waals surface area contributed by atoms with Crippen LogP contribution in [-0.4, -0.2) is 18.7 Å². The molecule has 0 amide bonds. The van der Waals surface area contributed by atoms with Crippen molar-refractivity contribution in [3.05, 3.63) is 60.5 Å². The molecule has 0 saturated heterocycles. The summed E-state index contributed by atoms with van der Waals surface area (Å²) in [4.78, 5) is 5.72. The molecule has 5 heteroatoms. The first kappa shape index (κ1) is 16.5. The fraction of sp³-hybridized carbons (Fsp3) is 0.211. The first-order valence-electron chi connectivity index (χ1n) is 7.73. The minimum absolute atomic E-state index is 0.625. The van der Waals surface area contributed by atoms with Crippen LogP contribution in [0.5, 0.6) is 11.5 Å². The Morgan fingerprint density at radius 1 is 1.00 bits per heavy atom. The third-order valence-corrected chi connectivity index (χ3v) is 4.46. The molecule has 0 unspecified atom stereocenters. The van der Waals surface area contributed by atoms with Crippen molar-refractivity contribution in [2.24, 2.45) is 0 Å². The third kappa shape index (κ3) is 4.11. The molecule has 1 aromatic heterocycles. The Morgan fingerprint density at radius 2 is 1.71 bits per heavy atom. The molecule has 0 bridgehead atoms. The van der Waals surface area contributed by atoms with Crippen LogP contribution in [0.1, 0.15) is 12.6 Å². The van der Waals surface area contributed by atoms with Crippen molar-refractivity contribution in [1.82, 2.24) is 4.98 Å². The Morgan fingerprint density at radius 3 is 2.38 bits per heavy atom. The predicted molar refractivity (Wildman–Crippen MR) is 95.7 cm³/mol. The standard InChI is InChI=1S/C19H19NO3S/c1-3-22-17-8-10-18(11-9-17)24-13-15-12-23-19(20-15)14-4-6-16(21-2)7-5-14/h4-12H,3,13H2,1-2H3. The number of rotatable bonds is 7. The lowest BCUT2D eigenvalue weighted by Gasteiger charge is -2.03. The van der Waals surface area contributed by atoms with Gasteiger partial charge in [0.1, 0.15) is 17.8 Å². The van der Waals surface area contributed by atoms with Crippen molar-refractivity contribution >= 4 is 11.8 Å². The average molecular weight is 341 g/mol. The zero-order valence-corrected chi connectivity index (χ0v) is 14.5. The summed E-state index contributed by atoms with van der Waals surface area (Å²) < 4.78 is 16.2. The van der Waals surface area contributed by atoms with E-state index in [4.69, 9.17) is 13.9 Å². The van der Waals surface area contributed by atoms with Crippen molar-refractivity contribution in [3.8, 4) is 23.0 Å². The van der Waals surface area contributed by atoms with E-state index in [-0.39, 0.29) is 0 Å².